The van der Waals surface area contributed by atoms with E-state index >= 15 is 0 Å². The minimum atomic E-state index is -0.689. The van der Waals surface area contributed by atoms with Crippen molar-refractivity contribution < 1.29 is 18.6 Å². The van der Waals surface area contributed by atoms with Gasteiger partial charge in [0.05, 0.1) is 6.61 Å². The molecule has 0 saturated carbocycles. The van der Waals surface area contributed by atoms with Crippen LogP contribution in [0.5, 0.6) is 0 Å². The van der Waals surface area contributed by atoms with E-state index in [4.69, 9.17) is 0 Å². The van der Waals surface area contributed by atoms with E-state index < -0.39 is 14.7 Å². The molecule has 0 aliphatic rings. The molecule has 0 amide bonds. The SMILES string of the molecule is C=C(OP=O)C(=O)OCC. The highest BCUT2D eigenvalue weighted by atomic mass is 31.1. The zero-order valence-corrected chi connectivity index (χ0v) is 6.39. The maximum atomic E-state index is 10.5. The average molecular weight is 162 g/mol. The molecule has 0 bridgehead atoms. The van der Waals surface area contributed by atoms with E-state index in [0.29, 0.717) is 0 Å². The standard InChI is InChI=1S/C5H7O4P/c1-3-8-5(6)4(2)9-10-7/h2-3H2,1H3. The summed E-state index contributed by atoms with van der Waals surface area (Å²) in [5.74, 6) is -0.940. The molecule has 4 nitrogen and oxygen atoms in total. The fourth-order valence-corrected chi connectivity index (χ4v) is 0.458. The Morgan fingerprint density at radius 2 is 2.30 bits per heavy atom. The van der Waals surface area contributed by atoms with Gasteiger partial charge in [-0.25, -0.2) is 9.36 Å². The smallest absolute Gasteiger partial charge is 0.396 e. The van der Waals surface area contributed by atoms with Crippen molar-refractivity contribution in [2.75, 3.05) is 6.61 Å². The molecule has 0 unspecified atom stereocenters. The molecule has 0 aliphatic heterocycles. The fourth-order valence-electron chi connectivity index (χ4n) is 0.294. The second kappa shape index (κ2) is 4.94. The van der Waals surface area contributed by atoms with Gasteiger partial charge in [-0.15, -0.1) is 0 Å². The molecule has 0 spiro atoms. The first kappa shape index (κ1) is 9.11. The van der Waals surface area contributed by atoms with Crippen LogP contribution in [-0.4, -0.2) is 12.6 Å². The number of rotatable bonds is 4. The van der Waals surface area contributed by atoms with E-state index in [9.17, 15) is 9.36 Å². The number of carbonyl (C=O) groups is 1. The highest BCUT2D eigenvalue weighted by molar-refractivity contribution is 7.17. The summed E-state index contributed by atoms with van der Waals surface area (Å²) < 4.78 is 18.4. The van der Waals surface area contributed by atoms with Crippen molar-refractivity contribution in [2.45, 2.75) is 6.92 Å². The van der Waals surface area contributed by atoms with Gasteiger partial charge in [-0.2, -0.15) is 0 Å². The molecule has 56 valence electrons. The van der Waals surface area contributed by atoms with E-state index in [1.807, 2.05) is 0 Å². The maximum Gasteiger partial charge on any atom is 0.396 e. The number of hydrogen-bond acceptors (Lipinski definition) is 4. The topological polar surface area (TPSA) is 52.6 Å². The minimum Gasteiger partial charge on any atom is -0.460 e. The average Bonchev–Trinajstić information content (AvgIpc) is 1.89. The van der Waals surface area contributed by atoms with Crippen molar-refractivity contribution in [3.05, 3.63) is 12.3 Å². The summed E-state index contributed by atoms with van der Waals surface area (Å²) in [7, 11) is -0.601. The molecule has 0 aromatic rings. The number of esters is 1. The normalized spacial score (nSPS) is 8.90. The third-order valence-electron chi connectivity index (χ3n) is 0.651. The van der Waals surface area contributed by atoms with E-state index in [0.717, 1.165) is 0 Å². The van der Waals surface area contributed by atoms with Gasteiger partial charge in [0.2, 0.25) is 5.76 Å². The zero-order valence-electron chi connectivity index (χ0n) is 5.49. The van der Waals surface area contributed by atoms with Gasteiger partial charge in [-0.3, -0.25) is 0 Å². The molecule has 0 saturated heterocycles. The summed E-state index contributed by atoms with van der Waals surface area (Å²) >= 11 is 0. The molecular weight excluding hydrogens is 155 g/mol. The van der Waals surface area contributed by atoms with Crippen LogP contribution in [0.2, 0.25) is 0 Å². The van der Waals surface area contributed by atoms with Crippen molar-refractivity contribution >= 4 is 14.7 Å². The lowest BCUT2D eigenvalue weighted by Crippen LogP contribution is -2.06. The lowest BCUT2D eigenvalue weighted by atomic mass is 10.6. The molecule has 0 atom stereocenters. The summed E-state index contributed by atoms with van der Waals surface area (Å²) in [5.41, 5.74) is 0. The highest BCUT2D eigenvalue weighted by Gasteiger charge is 2.07. The number of carbonyl (C=O) groups excluding carboxylic acids is 1. The highest BCUT2D eigenvalue weighted by Crippen LogP contribution is 2.05. The van der Waals surface area contributed by atoms with Gasteiger partial charge in [0, 0.05) is 0 Å². The molecule has 0 aromatic heterocycles. The van der Waals surface area contributed by atoms with Crippen molar-refractivity contribution in [2.24, 2.45) is 0 Å². The summed E-state index contributed by atoms with van der Waals surface area (Å²) in [6, 6.07) is 0. The van der Waals surface area contributed by atoms with Gasteiger partial charge < -0.3 is 9.26 Å². The Balaban J connectivity index is 3.70. The van der Waals surface area contributed by atoms with Crippen LogP contribution < -0.4 is 0 Å². The van der Waals surface area contributed by atoms with Crippen molar-refractivity contribution in [1.82, 2.24) is 0 Å². The van der Waals surface area contributed by atoms with Gasteiger partial charge in [-0.1, -0.05) is 0 Å². The van der Waals surface area contributed by atoms with E-state index in [1.54, 1.807) is 6.92 Å². The molecular formula is C5H7O4P. The van der Waals surface area contributed by atoms with Crippen molar-refractivity contribution in [1.29, 1.82) is 0 Å². The fraction of sp³-hybridized carbons (Fsp3) is 0.400. The molecule has 0 aromatic carbocycles. The Morgan fingerprint density at radius 3 is 2.70 bits per heavy atom. The summed E-state index contributed by atoms with van der Waals surface area (Å²) in [6.45, 7) is 5.06. The first-order chi connectivity index (χ1) is 4.72. The largest absolute Gasteiger partial charge is 0.460 e. The first-order valence-electron chi connectivity index (χ1n) is 2.58. The van der Waals surface area contributed by atoms with Crippen LogP contribution in [-0.2, 0) is 18.6 Å². The molecule has 5 heteroatoms. The lowest BCUT2D eigenvalue weighted by molar-refractivity contribution is -0.140. The third kappa shape index (κ3) is 3.20. The quantitative estimate of drug-likeness (QED) is 0.270. The van der Waals surface area contributed by atoms with E-state index in [1.165, 1.54) is 0 Å². The van der Waals surface area contributed by atoms with Gasteiger partial charge in [0.15, 0.2) is 0 Å². The van der Waals surface area contributed by atoms with Crippen molar-refractivity contribution in [3.8, 4) is 0 Å². The molecule has 0 aliphatic carbocycles. The van der Waals surface area contributed by atoms with Crippen LogP contribution in [0.4, 0.5) is 0 Å². The molecule has 0 fully saturated rings. The van der Waals surface area contributed by atoms with Crippen LogP contribution in [0.15, 0.2) is 12.3 Å². The van der Waals surface area contributed by atoms with Crippen molar-refractivity contribution in [3.63, 3.8) is 0 Å². The Kier molecular flexibility index (Phi) is 4.50. The second-order valence-corrected chi connectivity index (χ2v) is 1.64. The monoisotopic (exact) mass is 162 g/mol. The minimum absolute atomic E-state index is 0.247. The molecule has 0 heterocycles. The van der Waals surface area contributed by atoms with Gasteiger partial charge in [0.25, 0.3) is 0 Å². The lowest BCUT2D eigenvalue weighted by Gasteiger charge is -1.99. The molecule has 0 N–H and O–H groups in total. The predicted molar refractivity (Wildman–Crippen MR) is 34.5 cm³/mol. The van der Waals surface area contributed by atoms with Gasteiger partial charge in [0.1, 0.15) is 0 Å². The van der Waals surface area contributed by atoms with Crippen LogP contribution in [0, 0.1) is 0 Å². The zero-order chi connectivity index (χ0) is 7.98. The van der Waals surface area contributed by atoms with E-state index in [-0.39, 0.29) is 12.4 Å². The Hall–Kier alpha value is -0.890. The maximum absolute atomic E-state index is 10.5. The Labute approximate surface area is 60.1 Å². The van der Waals surface area contributed by atoms with Gasteiger partial charge in [-0.05, 0) is 13.5 Å². The third-order valence-corrected chi connectivity index (χ3v) is 0.945. The molecule has 0 rings (SSSR count). The molecule has 0 radical (unpaired) electrons. The Bertz CT molecular complexity index is 154. The summed E-state index contributed by atoms with van der Waals surface area (Å²) in [5, 5.41) is 0. The van der Waals surface area contributed by atoms with Crippen LogP contribution >= 0.6 is 8.69 Å². The number of ether oxygens (including phenoxy) is 1. The summed E-state index contributed by atoms with van der Waals surface area (Å²) in [4.78, 5) is 10.5. The first-order valence-corrected chi connectivity index (χ1v) is 3.31. The van der Waals surface area contributed by atoms with E-state index in [2.05, 4.69) is 15.8 Å². The van der Waals surface area contributed by atoms with Crippen LogP contribution in [0.3, 0.4) is 0 Å². The van der Waals surface area contributed by atoms with Crippen LogP contribution in [0.25, 0.3) is 0 Å². The van der Waals surface area contributed by atoms with Crippen LogP contribution in [0.1, 0.15) is 6.92 Å². The number of hydrogen-bond donors (Lipinski definition) is 0. The summed E-state index contributed by atoms with van der Waals surface area (Å²) in [6.07, 6.45) is 0. The molecule has 10 heavy (non-hydrogen) atoms. The second-order valence-electron chi connectivity index (χ2n) is 1.31. The predicted octanol–water partition coefficient (Wildman–Crippen LogP) is 1.29. The van der Waals surface area contributed by atoms with Gasteiger partial charge >= 0.3 is 14.7 Å². The Morgan fingerprint density at radius 1 is 1.70 bits per heavy atom.